The molecule has 0 bridgehead atoms. The van der Waals surface area contributed by atoms with E-state index in [-0.39, 0.29) is 33.4 Å². The van der Waals surface area contributed by atoms with Gasteiger partial charge >= 0.3 is 0 Å². The fourth-order valence-electron chi connectivity index (χ4n) is 5.38. The minimum absolute atomic E-state index is 0.146. The first-order chi connectivity index (χ1) is 21.3. The van der Waals surface area contributed by atoms with E-state index in [1.54, 1.807) is 24.3 Å². The van der Waals surface area contributed by atoms with Crippen molar-refractivity contribution in [2.45, 2.75) is 0 Å². The number of rotatable bonds is 2. The molecule has 198 valence electrons. The molecule has 0 unspecified atom stereocenters. The fraction of sp³-hybridized carbons (Fsp3) is 0. The van der Waals surface area contributed by atoms with Crippen molar-refractivity contribution in [1.29, 1.82) is 42.1 Å². The van der Waals surface area contributed by atoms with Crippen LogP contribution in [-0.4, -0.2) is 0 Å². The first kappa shape index (κ1) is 27.9. The van der Waals surface area contributed by atoms with Crippen molar-refractivity contribution < 1.29 is 8.78 Å². The van der Waals surface area contributed by atoms with Gasteiger partial charge in [-0.2, -0.15) is 42.1 Å². The first-order valence-corrected chi connectivity index (χ1v) is 12.3. The molecule has 0 aliphatic heterocycles. The van der Waals surface area contributed by atoms with E-state index in [2.05, 4.69) is 0 Å². The molecule has 0 radical (unpaired) electrons. The second kappa shape index (κ2) is 10.8. The highest BCUT2D eigenvalue weighted by Crippen LogP contribution is 2.57. The molecule has 2 aliphatic carbocycles. The van der Waals surface area contributed by atoms with E-state index in [4.69, 9.17) is 0 Å². The predicted molar refractivity (Wildman–Crippen MR) is 150 cm³/mol. The van der Waals surface area contributed by atoms with Gasteiger partial charge in [0.25, 0.3) is 0 Å². The largest absolute Gasteiger partial charge is 0.206 e. The molecule has 0 heterocycles. The van der Waals surface area contributed by atoms with Gasteiger partial charge < -0.3 is 0 Å². The van der Waals surface area contributed by atoms with Gasteiger partial charge in [0, 0.05) is 44.5 Å². The Labute approximate surface area is 248 Å². The molecule has 44 heavy (non-hydrogen) atoms. The Morgan fingerprint density at radius 3 is 1.02 bits per heavy atom. The summed E-state index contributed by atoms with van der Waals surface area (Å²) in [6, 6.07) is 25.3. The number of nitriles is 8. The Bertz CT molecular complexity index is 2150. The Morgan fingerprint density at radius 1 is 0.432 bits per heavy atom. The van der Waals surface area contributed by atoms with Gasteiger partial charge in [-0.1, -0.05) is 24.3 Å². The minimum Gasteiger partial charge on any atom is -0.206 e. The lowest BCUT2D eigenvalue weighted by Crippen LogP contribution is -2.05. The molecule has 0 saturated carbocycles. The second-order valence-electron chi connectivity index (χ2n) is 9.18. The first-order valence-electron chi connectivity index (χ1n) is 12.3. The number of hydrogen-bond donors (Lipinski definition) is 0. The van der Waals surface area contributed by atoms with E-state index >= 15 is 8.78 Å². The van der Waals surface area contributed by atoms with Crippen LogP contribution >= 0.6 is 0 Å². The van der Waals surface area contributed by atoms with Crippen LogP contribution in [0.1, 0.15) is 44.5 Å². The summed E-state index contributed by atoms with van der Waals surface area (Å²) in [5.74, 6) is -2.50. The van der Waals surface area contributed by atoms with E-state index in [1.807, 2.05) is 24.3 Å². The van der Waals surface area contributed by atoms with Crippen LogP contribution in [0.4, 0.5) is 8.78 Å². The standard InChI is InChI=1S/C34H8F2N8/c35-33-29-23(15-43)25(19-5-1-17(9-37)2-6-19)27(21(11-39)12-40)31(29)34(36)32-28(22(13-41)14-42)26(24(16-44)30(32)33)20-7-3-18(10-38)4-8-20/h1-8H. The van der Waals surface area contributed by atoms with Crippen LogP contribution in [0, 0.1) is 102 Å². The third kappa shape index (κ3) is 3.81. The average molecular weight is 566 g/mol. The minimum atomic E-state index is -1.26. The number of halogens is 2. The van der Waals surface area contributed by atoms with Crippen LogP contribution in [0.5, 0.6) is 0 Å². The molecule has 3 aromatic rings. The molecule has 0 atom stereocenters. The van der Waals surface area contributed by atoms with Crippen molar-refractivity contribution >= 4 is 33.4 Å². The number of hydrogen-bond acceptors (Lipinski definition) is 8. The van der Waals surface area contributed by atoms with E-state index in [0.717, 1.165) is 0 Å². The van der Waals surface area contributed by atoms with E-state index in [9.17, 15) is 42.1 Å². The van der Waals surface area contributed by atoms with Gasteiger partial charge in [0.2, 0.25) is 0 Å². The van der Waals surface area contributed by atoms with Gasteiger partial charge in [-0.15, -0.1) is 0 Å². The number of nitrogens with zero attached hydrogens (tertiary/aromatic N) is 8. The van der Waals surface area contributed by atoms with E-state index in [0.29, 0.717) is 0 Å². The van der Waals surface area contributed by atoms with Crippen LogP contribution in [0.25, 0.3) is 33.4 Å². The monoisotopic (exact) mass is 566 g/mol. The molecule has 3 aromatic carbocycles. The summed E-state index contributed by atoms with van der Waals surface area (Å²) in [6.45, 7) is 0. The predicted octanol–water partition coefficient (Wildman–Crippen LogP) is 6.21. The van der Waals surface area contributed by atoms with Crippen molar-refractivity contribution in [3.05, 3.63) is 116 Å². The van der Waals surface area contributed by atoms with Crippen molar-refractivity contribution in [2.24, 2.45) is 0 Å². The molecule has 0 saturated heterocycles. The molecule has 0 aromatic heterocycles. The zero-order chi connectivity index (χ0) is 31.7. The Balaban J connectivity index is 2.01. The third-order valence-corrected chi connectivity index (χ3v) is 7.15. The molecule has 0 fully saturated rings. The van der Waals surface area contributed by atoms with Crippen molar-refractivity contribution in [3.63, 3.8) is 0 Å². The summed E-state index contributed by atoms with van der Waals surface area (Å²) < 4.78 is 33.9. The van der Waals surface area contributed by atoms with E-state index in [1.165, 1.54) is 48.5 Å². The van der Waals surface area contributed by atoms with Gasteiger partial charge in [-0.05, 0) is 35.4 Å². The highest BCUT2D eigenvalue weighted by atomic mass is 19.1. The maximum absolute atomic E-state index is 17.0. The summed E-state index contributed by atoms with van der Waals surface area (Å²) >= 11 is 0. The smallest absolute Gasteiger partial charge is 0.141 e. The van der Waals surface area contributed by atoms with Gasteiger partial charge in [-0.3, -0.25) is 0 Å². The molecule has 10 heteroatoms. The topological polar surface area (TPSA) is 190 Å². The molecule has 0 spiro atoms. The zero-order valence-electron chi connectivity index (χ0n) is 22.0. The number of benzene rings is 3. The summed E-state index contributed by atoms with van der Waals surface area (Å²) in [5, 5.41) is 78.2. The van der Waals surface area contributed by atoms with Crippen molar-refractivity contribution in [3.8, 4) is 48.6 Å². The fourth-order valence-corrected chi connectivity index (χ4v) is 5.38. The van der Waals surface area contributed by atoms with Crippen molar-refractivity contribution in [2.75, 3.05) is 0 Å². The van der Waals surface area contributed by atoms with E-state index < -0.39 is 67.3 Å². The maximum atomic E-state index is 17.0. The lowest BCUT2D eigenvalue weighted by atomic mass is 9.88. The average Bonchev–Trinajstić information content (AvgIpc) is 3.59. The Hall–Kier alpha value is -7.60. The van der Waals surface area contributed by atoms with Crippen LogP contribution < -0.4 is 0 Å². The Morgan fingerprint density at radius 2 is 0.750 bits per heavy atom. The van der Waals surface area contributed by atoms with Crippen LogP contribution in [0.3, 0.4) is 0 Å². The summed E-state index contributed by atoms with van der Waals surface area (Å²) in [4.78, 5) is 0. The zero-order valence-corrected chi connectivity index (χ0v) is 22.0. The lowest BCUT2D eigenvalue weighted by molar-refractivity contribution is 0.590. The Kier molecular flexibility index (Phi) is 6.83. The molecule has 0 N–H and O–H groups in total. The van der Waals surface area contributed by atoms with Gasteiger partial charge in [-0.25, -0.2) is 8.78 Å². The summed E-state index contributed by atoms with van der Waals surface area (Å²) in [7, 11) is 0. The van der Waals surface area contributed by atoms with Gasteiger partial charge in [0.15, 0.2) is 0 Å². The highest BCUT2D eigenvalue weighted by molar-refractivity contribution is 6.30. The number of fused-ring (bicyclic) bond motifs is 2. The molecular formula is C34H8F2N8. The van der Waals surface area contributed by atoms with Gasteiger partial charge in [0.05, 0.1) is 34.4 Å². The third-order valence-electron chi connectivity index (χ3n) is 7.15. The molecule has 8 nitrogen and oxygen atoms in total. The molecule has 2 aliphatic rings. The SMILES string of the molecule is N#CC(C#N)=C1C(c2ccc(C#N)cc2)=C(C#N)c2c(F)c3c(c(F)c21)C(=C(C#N)C#N)C(c1ccc(C#N)cc1)=C3C#N. The molecule has 5 rings (SSSR count). The highest BCUT2D eigenvalue weighted by Gasteiger charge is 2.44. The lowest BCUT2D eigenvalue weighted by Gasteiger charge is -2.14. The molecule has 0 amide bonds. The van der Waals surface area contributed by atoms with Crippen molar-refractivity contribution in [1.82, 2.24) is 0 Å². The summed E-state index contributed by atoms with van der Waals surface area (Å²) in [5.41, 5.74) is -4.90. The second-order valence-corrected chi connectivity index (χ2v) is 9.18. The maximum Gasteiger partial charge on any atom is 0.141 e. The number of allylic oxidation sites excluding steroid dienone is 8. The van der Waals surface area contributed by atoms with Gasteiger partial charge in [0.1, 0.15) is 59.2 Å². The molecular weight excluding hydrogens is 558 g/mol. The van der Waals surface area contributed by atoms with Crippen LogP contribution in [0.2, 0.25) is 0 Å². The normalized spacial score (nSPS) is 12.3. The quantitative estimate of drug-likeness (QED) is 0.327. The van der Waals surface area contributed by atoms with Crippen LogP contribution in [0.15, 0.2) is 59.7 Å². The summed E-state index contributed by atoms with van der Waals surface area (Å²) in [6.07, 6.45) is 0. The van der Waals surface area contributed by atoms with Crippen LogP contribution in [-0.2, 0) is 0 Å².